The second kappa shape index (κ2) is 8.90. The van der Waals surface area contributed by atoms with Gasteiger partial charge in [-0.05, 0) is 30.3 Å². The zero-order valence-corrected chi connectivity index (χ0v) is 18.1. The van der Waals surface area contributed by atoms with Crippen LogP contribution in [0.5, 0.6) is 11.5 Å². The highest BCUT2D eigenvalue weighted by molar-refractivity contribution is 7.14. The Morgan fingerprint density at radius 2 is 1.85 bits per heavy atom. The van der Waals surface area contributed by atoms with Gasteiger partial charge in [0, 0.05) is 10.9 Å². The van der Waals surface area contributed by atoms with Gasteiger partial charge in [-0.25, -0.2) is 9.67 Å². The van der Waals surface area contributed by atoms with E-state index in [9.17, 15) is 18.0 Å². The maximum absolute atomic E-state index is 13.3. The number of amides is 1. The normalized spacial score (nSPS) is 11.3. The maximum Gasteiger partial charge on any atom is 0.418 e. The zero-order chi connectivity index (χ0) is 23.6. The van der Waals surface area contributed by atoms with E-state index in [2.05, 4.69) is 20.6 Å². The van der Waals surface area contributed by atoms with Crippen molar-refractivity contribution in [2.45, 2.75) is 6.18 Å². The topological polar surface area (TPSA) is 91.2 Å². The number of ether oxygens (including phenoxy) is 2. The number of nitrogens with zero attached hydrogens (tertiary/aromatic N) is 4. The predicted octanol–water partition coefficient (Wildman–Crippen LogP) is 4.68. The van der Waals surface area contributed by atoms with Gasteiger partial charge < -0.3 is 9.47 Å². The van der Waals surface area contributed by atoms with Crippen LogP contribution in [0.15, 0.2) is 54.0 Å². The first kappa shape index (κ1) is 22.3. The number of anilines is 1. The molecule has 0 spiro atoms. The summed E-state index contributed by atoms with van der Waals surface area (Å²) in [5.74, 6) is 0.448. The van der Waals surface area contributed by atoms with Crippen molar-refractivity contribution in [3.63, 3.8) is 0 Å². The summed E-state index contributed by atoms with van der Waals surface area (Å²) in [6.45, 7) is 0. The molecular weight excluding hydrogens is 459 g/mol. The minimum atomic E-state index is -4.58. The molecule has 0 saturated heterocycles. The van der Waals surface area contributed by atoms with Gasteiger partial charge in [0.05, 0.1) is 37.4 Å². The van der Waals surface area contributed by atoms with Gasteiger partial charge >= 0.3 is 6.18 Å². The van der Waals surface area contributed by atoms with Crippen LogP contribution in [0, 0.1) is 0 Å². The SMILES string of the molecule is COc1ccc(-c2csc(NC(=O)c3cn(-c4ccccc4C(F)(F)F)nn3)n2)cc1OC. The van der Waals surface area contributed by atoms with Crippen LogP contribution in [0.2, 0.25) is 0 Å². The van der Waals surface area contributed by atoms with Crippen molar-refractivity contribution in [3.8, 4) is 28.4 Å². The summed E-state index contributed by atoms with van der Waals surface area (Å²) < 4.78 is 51.2. The molecule has 8 nitrogen and oxygen atoms in total. The molecular formula is C21H16F3N5O3S. The van der Waals surface area contributed by atoms with Crippen molar-refractivity contribution in [1.29, 1.82) is 0 Å². The van der Waals surface area contributed by atoms with Gasteiger partial charge in [-0.2, -0.15) is 13.2 Å². The lowest BCUT2D eigenvalue weighted by molar-refractivity contribution is -0.137. The third kappa shape index (κ3) is 4.65. The quantitative estimate of drug-likeness (QED) is 0.436. The molecule has 1 N–H and O–H groups in total. The molecule has 170 valence electrons. The van der Waals surface area contributed by atoms with Crippen molar-refractivity contribution >= 4 is 22.4 Å². The number of aromatic nitrogens is 4. The Morgan fingerprint density at radius 1 is 1.09 bits per heavy atom. The predicted molar refractivity (Wildman–Crippen MR) is 115 cm³/mol. The second-order valence-electron chi connectivity index (χ2n) is 6.63. The monoisotopic (exact) mass is 475 g/mol. The number of methoxy groups -OCH3 is 2. The Kier molecular flexibility index (Phi) is 6.01. The number of benzene rings is 2. The summed E-state index contributed by atoms with van der Waals surface area (Å²) in [6.07, 6.45) is -3.45. The van der Waals surface area contributed by atoms with Crippen molar-refractivity contribution in [1.82, 2.24) is 20.0 Å². The molecule has 33 heavy (non-hydrogen) atoms. The summed E-state index contributed by atoms with van der Waals surface area (Å²) in [7, 11) is 3.06. The smallest absolute Gasteiger partial charge is 0.418 e. The third-order valence-electron chi connectivity index (χ3n) is 4.59. The fourth-order valence-corrected chi connectivity index (χ4v) is 3.73. The van der Waals surface area contributed by atoms with Crippen LogP contribution in [0.3, 0.4) is 0 Å². The Balaban J connectivity index is 1.52. The Morgan fingerprint density at radius 3 is 2.58 bits per heavy atom. The molecule has 2 heterocycles. The minimum Gasteiger partial charge on any atom is -0.493 e. The van der Waals surface area contributed by atoms with Crippen LogP contribution in [0.25, 0.3) is 16.9 Å². The summed E-state index contributed by atoms with van der Waals surface area (Å²) in [6, 6.07) is 10.2. The van der Waals surface area contributed by atoms with Crippen LogP contribution in [-0.2, 0) is 6.18 Å². The lowest BCUT2D eigenvalue weighted by Gasteiger charge is -2.11. The number of halogens is 3. The van der Waals surface area contributed by atoms with E-state index in [0.717, 1.165) is 22.5 Å². The van der Waals surface area contributed by atoms with Crippen molar-refractivity contribution in [2.75, 3.05) is 19.5 Å². The van der Waals surface area contributed by atoms with Crippen molar-refractivity contribution in [3.05, 3.63) is 65.3 Å². The summed E-state index contributed by atoms with van der Waals surface area (Å²) in [5.41, 5.74) is 0.0656. The first-order valence-electron chi connectivity index (χ1n) is 9.38. The Bertz CT molecular complexity index is 1300. The number of thiazole rings is 1. The van der Waals surface area contributed by atoms with Crippen LogP contribution < -0.4 is 14.8 Å². The summed E-state index contributed by atoms with van der Waals surface area (Å²) in [5, 5.41) is 12.0. The first-order chi connectivity index (χ1) is 15.8. The van der Waals surface area contributed by atoms with Gasteiger partial charge in [0.1, 0.15) is 0 Å². The average molecular weight is 475 g/mol. The van der Waals surface area contributed by atoms with Gasteiger partial charge in [-0.3, -0.25) is 10.1 Å². The number of rotatable bonds is 6. The summed E-state index contributed by atoms with van der Waals surface area (Å²) >= 11 is 1.18. The Labute approximate surface area is 189 Å². The van der Waals surface area contributed by atoms with Gasteiger partial charge in [0.25, 0.3) is 5.91 Å². The highest BCUT2D eigenvalue weighted by Crippen LogP contribution is 2.34. The van der Waals surface area contributed by atoms with E-state index >= 15 is 0 Å². The van der Waals surface area contributed by atoms with Crippen LogP contribution in [0.4, 0.5) is 18.3 Å². The fraction of sp³-hybridized carbons (Fsp3) is 0.143. The molecule has 0 aliphatic heterocycles. The highest BCUT2D eigenvalue weighted by Gasteiger charge is 2.34. The molecule has 2 aromatic heterocycles. The number of carbonyl (C=O) groups excluding carboxylic acids is 1. The van der Waals surface area contributed by atoms with Crippen molar-refractivity contribution < 1.29 is 27.4 Å². The molecule has 0 atom stereocenters. The number of hydrogen-bond donors (Lipinski definition) is 1. The molecule has 1 amide bonds. The Hall–Kier alpha value is -3.93. The number of para-hydroxylation sites is 1. The second-order valence-corrected chi connectivity index (χ2v) is 7.48. The third-order valence-corrected chi connectivity index (χ3v) is 5.34. The molecule has 0 saturated carbocycles. The maximum atomic E-state index is 13.3. The van der Waals surface area contributed by atoms with Gasteiger partial charge in [-0.1, -0.05) is 17.3 Å². The van der Waals surface area contributed by atoms with E-state index in [4.69, 9.17) is 9.47 Å². The van der Waals surface area contributed by atoms with Crippen LogP contribution in [-0.4, -0.2) is 40.1 Å². The molecule has 0 unspecified atom stereocenters. The van der Waals surface area contributed by atoms with Gasteiger partial charge in [0.2, 0.25) is 0 Å². The first-order valence-corrected chi connectivity index (χ1v) is 10.3. The van der Waals surface area contributed by atoms with E-state index in [1.54, 1.807) is 23.6 Å². The van der Waals surface area contributed by atoms with E-state index < -0.39 is 17.6 Å². The number of carbonyl (C=O) groups is 1. The van der Waals surface area contributed by atoms with E-state index in [0.29, 0.717) is 17.2 Å². The fourth-order valence-electron chi connectivity index (χ4n) is 3.02. The number of alkyl halides is 3. The largest absolute Gasteiger partial charge is 0.493 e. The molecule has 0 fully saturated rings. The minimum absolute atomic E-state index is 0.158. The molecule has 0 radical (unpaired) electrons. The van der Waals surface area contributed by atoms with E-state index in [1.807, 2.05) is 0 Å². The molecule has 12 heteroatoms. The zero-order valence-electron chi connectivity index (χ0n) is 17.3. The lowest BCUT2D eigenvalue weighted by atomic mass is 10.1. The average Bonchev–Trinajstić information content (AvgIpc) is 3.48. The molecule has 4 rings (SSSR count). The molecule has 0 aliphatic rings. The number of hydrogen-bond acceptors (Lipinski definition) is 7. The van der Waals surface area contributed by atoms with Gasteiger partial charge in [-0.15, -0.1) is 16.4 Å². The van der Waals surface area contributed by atoms with Crippen molar-refractivity contribution in [2.24, 2.45) is 0 Å². The molecule has 4 aromatic rings. The standard InChI is InChI=1S/C21H16F3N5O3S/c1-31-17-8-7-12(9-18(17)32-2)15-11-33-20(25-15)26-19(30)14-10-29(28-27-14)16-6-4-3-5-13(16)21(22,23)24/h3-11H,1-2H3,(H,25,26,30). The lowest BCUT2D eigenvalue weighted by Crippen LogP contribution is -2.12. The molecule has 0 bridgehead atoms. The van der Waals surface area contributed by atoms with E-state index in [-0.39, 0.29) is 16.5 Å². The van der Waals surface area contributed by atoms with Gasteiger partial charge in [0.15, 0.2) is 22.3 Å². The molecule has 2 aromatic carbocycles. The van der Waals surface area contributed by atoms with E-state index in [1.165, 1.54) is 43.8 Å². The van der Waals surface area contributed by atoms with Crippen LogP contribution in [0.1, 0.15) is 16.1 Å². The summed E-state index contributed by atoms with van der Waals surface area (Å²) in [4.78, 5) is 16.9. The van der Waals surface area contributed by atoms with Crippen LogP contribution >= 0.6 is 11.3 Å². The highest BCUT2D eigenvalue weighted by atomic mass is 32.1. The number of nitrogens with one attached hydrogen (secondary N) is 1. The molecule has 0 aliphatic carbocycles.